The Morgan fingerprint density at radius 3 is 0.868 bits per heavy atom. The summed E-state index contributed by atoms with van der Waals surface area (Å²) in [5.74, 6) is 0. The Balaban J connectivity index is 1.88. The van der Waals surface area contributed by atoms with Crippen LogP contribution in [0.3, 0.4) is 0 Å². The zero-order chi connectivity index (χ0) is 25.9. The van der Waals surface area contributed by atoms with Crippen LogP contribution in [0.15, 0.2) is 146 Å². The Kier molecular flexibility index (Phi) is 6.21. The Morgan fingerprint density at radius 1 is 0.263 bits per heavy atom. The molecule has 0 unspecified atom stereocenters. The van der Waals surface area contributed by atoms with E-state index in [1.807, 2.05) is 36.4 Å². The maximum Gasteiger partial charge on any atom is 0.0486 e. The maximum absolute atomic E-state index is 7.27. The van der Waals surface area contributed by atoms with Gasteiger partial charge in [-0.2, -0.15) is 0 Å². The highest BCUT2D eigenvalue weighted by Gasteiger charge is 2.26. The smallest absolute Gasteiger partial charge is 0.0486 e. The van der Waals surface area contributed by atoms with Crippen LogP contribution >= 0.6 is 0 Å². The minimum atomic E-state index is 0.735. The first kappa shape index (κ1) is 23.3. The molecule has 38 heavy (non-hydrogen) atoms. The molecule has 0 saturated heterocycles. The first-order chi connectivity index (χ1) is 18.7. The summed E-state index contributed by atoms with van der Waals surface area (Å²) in [7, 11) is 0. The predicted octanol–water partition coefficient (Wildman–Crippen LogP) is 9.19. The van der Waals surface area contributed by atoms with Gasteiger partial charge in [-0.1, -0.05) is 133 Å². The summed E-state index contributed by atoms with van der Waals surface area (Å²) < 4.78 is 0. The van der Waals surface area contributed by atoms with Gasteiger partial charge >= 0.3 is 0 Å². The van der Waals surface area contributed by atoms with Crippen LogP contribution in [-0.4, -0.2) is 0 Å². The van der Waals surface area contributed by atoms with Crippen LogP contribution in [0, 0.1) is 0 Å². The lowest BCUT2D eigenvalue weighted by Gasteiger charge is -2.27. The molecule has 0 heterocycles. The van der Waals surface area contributed by atoms with Crippen LogP contribution in [-0.2, 0) is 0 Å². The number of nitrogens with two attached hydrogens (primary N) is 2. The van der Waals surface area contributed by atoms with Gasteiger partial charge in [0.2, 0.25) is 0 Å². The summed E-state index contributed by atoms with van der Waals surface area (Å²) in [4.78, 5) is 0. The van der Waals surface area contributed by atoms with Gasteiger partial charge in [0.1, 0.15) is 0 Å². The molecule has 0 saturated carbocycles. The van der Waals surface area contributed by atoms with E-state index in [-0.39, 0.29) is 0 Å². The van der Waals surface area contributed by atoms with Crippen LogP contribution in [0.5, 0.6) is 0 Å². The standard InChI is InChI=1S/C36H28N2/c37-30-23-21-29(22-24-30)31-32(25-13-5-1-6-14-25)34(27-17-9-3-10-18-27)36(38)35(28-19-11-4-12-20-28)33(31)26-15-7-2-8-16-26/h1-24H,37-38H2. The highest BCUT2D eigenvalue weighted by Crippen LogP contribution is 2.53. The molecule has 0 aliphatic rings. The van der Waals surface area contributed by atoms with Crippen molar-refractivity contribution in [1.29, 1.82) is 0 Å². The summed E-state index contributed by atoms with van der Waals surface area (Å²) >= 11 is 0. The number of benzene rings is 6. The zero-order valence-corrected chi connectivity index (χ0v) is 21.0. The van der Waals surface area contributed by atoms with Crippen LogP contribution < -0.4 is 11.5 Å². The minimum Gasteiger partial charge on any atom is -0.399 e. The average molecular weight is 489 g/mol. The van der Waals surface area contributed by atoms with E-state index in [9.17, 15) is 0 Å². The maximum atomic E-state index is 7.27. The zero-order valence-electron chi connectivity index (χ0n) is 21.0. The van der Waals surface area contributed by atoms with Crippen molar-refractivity contribution in [3.05, 3.63) is 146 Å². The Hall–Kier alpha value is -5.08. The molecule has 182 valence electrons. The normalized spacial score (nSPS) is 10.8. The van der Waals surface area contributed by atoms with E-state index in [4.69, 9.17) is 11.5 Å². The van der Waals surface area contributed by atoms with Crippen molar-refractivity contribution >= 4 is 11.4 Å². The second kappa shape index (κ2) is 10.1. The molecule has 0 aliphatic heterocycles. The molecule has 0 radical (unpaired) electrons. The molecule has 4 N–H and O–H groups in total. The highest BCUT2D eigenvalue weighted by atomic mass is 14.6. The summed E-state index contributed by atoms with van der Waals surface area (Å²) in [5.41, 5.74) is 25.8. The lowest BCUT2D eigenvalue weighted by Crippen LogP contribution is -2.03. The van der Waals surface area contributed by atoms with E-state index >= 15 is 0 Å². The summed E-state index contributed by atoms with van der Waals surface area (Å²) in [5, 5.41) is 0. The number of nitrogen functional groups attached to an aromatic ring is 2. The van der Waals surface area contributed by atoms with Crippen LogP contribution in [0.2, 0.25) is 0 Å². The molecule has 6 aromatic rings. The SMILES string of the molecule is Nc1ccc(-c2c(-c3ccccc3)c(-c3ccccc3)c(N)c(-c3ccccc3)c2-c2ccccc2)cc1. The second-order valence-corrected chi connectivity index (χ2v) is 9.37. The third-order valence-electron chi connectivity index (χ3n) is 6.99. The van der Waals surface area contributed by atoms with Gasteiger partial charge < -0.3 is 11.5 Å². The fraction of sp³-hybridized carbons (Fsp3) is 0. The fourth-order valence-corrected chi connectivity index (χ4v) is 5.30. The Labute approximate surface area is 223 Å². The predicted molar refractivity (Wildman–Crippen MR) is 162 cm³/mol. The van der Waals surface area contributed by atoms with Gasteiger partial charge in [-0.15, -0.1) is 0 Å². The largest absolute Gasteiger partial charge is 0.399 e. The van der Waals surface area contributed by atoms with Gasteiger partial charge in [0.05, 0.1) is 0 Å². The van der Waals surface area contributed by atoms with Gasteiger partial charge in [0.25, 0.3) is 0 Å². The molecule has 6 aromatic carbocycles. The van der Waals surface area contributed by atoms with Crippen molar-refractivity contribution in [2.45, 2.75) is 0 Å². The molecule has 0 aromatic heterocycles. The molecule has 0 amide bonds. The van der Waals surface area contributed by atoms with Gasteiger partial charge in [0, 0.05) is 33.6 Å². The Bertz CT molecular complexity index is 1570. The molecule has 6 rings (SSSR count). The Morgan fingerprint density at radius 2 is 0.526 bits per heavy atom. The van der Waals surface area contributed by atoms with Crippen molar-refractivity contribution in [3.8, 4) is 55.6 Å². The monoisotopic (exact) mass is 488 g/mol. The van der Waals surface area contributed by atoms with Crippen molar-refractivity contribution in [2.75, 3.05) is 11.5 Å². The topological polar surface area (TPSA) is 52.0 Å². The van der Waals surface area contributed by atoms with Gasteiger partial charge in [-0.05, 0) is 45.5 Å². The molecule has 2 nitrogen and oxygen atoms in total. The third-order valence-corrected chi connectivity index (χ3v) is 6.99. The molecular formula is C36H28N2. The quantitative estimate of drug-likeness (QED) is 0.238. The fourth-order valence-electron chi connectivity index (χ4n) is 5.30. The molecule has 0 aliphatic carbocycles. The van der Waals surface area contributed by atoms with E-state index in [2.05, 4.69) is 109 Å². The summed E-state index contributed by atoms with van der Waals surface area (Å²) in [6, 6.07) is 50.2. The molecule has 2 heteroatoms. The van der Waals surface area contributed by atoms with Crippen molar-refractivity contribution in [3.63, 3.8) is 0 Å². The first-order valence-corrected chi connectivity index (χ1v) is 12.8. The van der Waals surface area contributed by atoms with Gasteiger partial charge in [0.15, 0.2) is 0 Å². The lowest BCUT2D eigenvalue weighted by atomic mass is 9.77. The van der Waals surface area contributed by atoms with Crippen LogP contribution in [0.4, 0.5) is 11.4 Å². The summed E-state index contributed by atoms with van der Waals surface area (Å²) in [6.07, 6.45) is 0. The first-order valence-electron chi connectivity index (χ1n) is 12.8. The molecule has 0 fully saturated rings. The van der Waals surface area contributed by atoms with E-state index in [0.29, 0.717) is 0 Å². The van der Waals surface area contributed by atoms with Gasteiger partial charge in [-0.3, -0.25) is 0 Å². The van der Waals surface area contributed by atoms with E-state index < -0.39 is 0 Å². The lowest BCUT2D eigenvalue weighted by molar-refractivity contribution is 1.52. The number of rotatable bonds is 5. The third kappa shape index (κ3) is 4.23. The number of hydrogen-bond acceptors (Lipinski definition) is 2. The van der Waals surface area contributed by atoms with Crippen molar-refractivity contribution in [2.24, 2.45) is 0 Å². The van der Waals surface area contributed by atoms with Crippen LogP contribution in [0.25, 0.3) is 55.6 Å². The average Bonchev–Trinajstić information content (AvgIpc) is 2.99. The van der Waals surface area contributed by atoms with Crippen LogP contribution in [0.1, 0.15) is 0 Å². The molecular weight excluding hydrogens is 460 g/mol. The minimum absolute atomic E-state index is 0.735. The number of anilines is 2. The van der Waals surface area contributed by atoms with E-state index in [1.165, 1.54) is 0 Å². The second-order valence-electron chi connectivity index (χ2n) is 9.37. The van der Waals surface area contributed by atoms with E-state index in [1.54, 1.807) is 0 Å². The summed E-state index contributed by atoms with van der Waals surface area (Å²) in [6.45, 7) is 0. The highest BCUT2D eigenvalue weighted by molar-refractivity contribution is 6.13. The molecule has 0 atom stereocenters. The van der Waals surface area contributed by atoms with Crippen molar-refractivity contribution < 1.29 is 0 Å². The molecule has 0 spiro atoms. The molecule has 0 bridgehead atoms. The van der Waals surface area contributed by atoms with E-state index in [0.717, 1.165) is 67.0 Å². The van der Waals surface area contributed by atoms with Crippen molar-refractivity contribution in [1.82, 2.24) is 0 Å². The van der Waals surface area contributed by atoms with Gasteiger partial charge in [-0.25, -0.2) is 0 Å². The number of hydrogen-bond donors (Lipinski definition) is 2.